The first-order valence-electron chi connectivity index (χ1n) is 8.96. The van der Waals surface area contributed by atoms with Gasteiger partial charge in [0.15, 0.2) is 6.61 Å². The second-order valence-corrected chi connectivity index (χ2v) is 7.41. The van der Waals surface area contributed by atoms with Crippen LogP contribution < -0.4 is 0 Å². The molecule has 148 valence electrons. The topological polar surface area (TPSA) is 60.4 Å². The summed E-state index contributed by atoms with van der Waals surface area (Å²) in [4.78, 5) is 20.1. The molecule has 1 aliphatic heterocycles. The van der Waals surface area contributed by atoms with Gasteiger partial charge in [-0.1, -0.05) is 23.9 Å². The summed E-state index contributed by atoms with van der Waals surface area (Å²) in [5.41, 5.74) is 1.52. The van der Waals surface area contributed by atoms with Crippen molar-refractivity contribution in [3.63, 3.8) is 0 Å². The van der Waals surface area contributed by atoms with Gasteiger partial charge in [-0.05, 0) is 32.2 Å². The third-order valence-corrected chi connectivity index (χ3v) is 5.23. The molecule has 0 N–H and O–H groups in total. The SMILES string of the molecule is C=CC(=O)OCCON=C(c1ccc(SC)cc1)C(C)(C)N1CCOCC1. The summed E-state index contributed by atoms with van der Waals surface area (Å²) in [7, 11) is 0. The maximum Gasteiger partial charge on any atom is 0.330 e. The Morgan fingerprint density at radius 2 is 1.96 bits per heavy atom. The second-order valence-electron chi connectivity index (χ2n) is 6.53. The largest absolute Gasteiger partial charge is 0.459 e. The zero-order valence-corrected chi connectivity index (χ0v) is 17.1. The first-order valence-corrected chi connectivity index (χ1v) is 10.2. The summed E-state index contributed by atoms with van der Waals surface area (Å²) >= 11 is 1.70. The maximum atomic E-state index is 11.1. The lowest BCUT2D eigenvalue weighted by Crippen LogP contribution is -2.54. The second kappa shape index (κ2) is 10.5. The molecule has 0 radical (unpaired) electrons. The van der Waals surface area contributed by atoms with Crippen molar-refractivity contribution in [1.82, 2.24) is 4.90 Å². The number of hydrogen-bond acceptors (Lipinski definition) is 7. The fraction of sp³-hybridized carbons (Fsp3) is 0.500. The smallest absolute Gasteiger partial charge is 0.330 e. The van der Waals surface area contributed by atoms with Gasteiger partial charge >= 0.3 is 5.97 Å². The highest BCUT2D eigenvalue weighted by Crippen LogP contribution is 2.24. The van der Waals surface area contributed by atoms with Crippen LogP contribution in [0.5, 0.6) is 0 Å². The van der Waals surface area contributed by atoms with Crippen LogP contribution in [-0.4, -0.2) is 67.9 Å². The van der Waals surface area contributed by atoms with Crippen LogP contribution in [-0.2, 0) is 19.1 Å². The molecule has 2 rings (SSSR count). The molecule has 1 aromatic rings. The van der Waals surface area contributed by atoms with E-state index in [-0.39, 0.29) is 18.8 Å². The number of rotatable bonds is 9. The zero-order valence-electron chi connectivity index (χ0n) is 16.3. The molecule has 6 nitrogen and oxygen atoms in total. The van der Waals surface area contributed by atoms with Crippen molar-refractivity contribution in [2.24, 2.45) is 5.16 Å². The minimum Gasteiger partial charge on any atom is -0.459 e. The van der Waals surface area contributed by atoms with E-state index in [0.717, 1.165) is 30.4 Å². The number of oxime groups is 1. The average molecular weight is 393 g/mol. The number of carbonyl (C=O) groups is 1. The quantitative estimate of drug-likeness (QED) is 0.161. The van der Waals surface area contributed by atoms with Gasteiger partial charge in [-0.2, -0.15) is 0 Å². The van der Waals surface area contributed by atoms with E-state index in [1.807, 2.05) is 0 Å². The van der Waals surface area contributed by atoms with Gasteiger partial charge in [-0.3, -0.25) is 4.90 Å². The summed E-state index contributed by atoms with van der Waals surface area (Å²) in [5, 5.41) is 4.43. The Morgan fingerprint density at radius 1 is 1.30 bits per heavy atom. The molecule has 0 aromatic heterocycles. The van der Waals surface area contributed by atoms with E-state index in [9.17, 15) is 4.79 Å². The Morgan fingerprint density at radius 3 is 2.56 bits per heavy atom. The van der Waals surface area contributed by atoms with Gasteiger partial charge in [0.05, 0.1) is 18.8 Å². The lowest BCUT2D eigenvalue weighted by atomic mass is 9.90. The van der Waals surface area contributed by atoms with Crippen LogP contribution in [0.15, 0.2) is 47.0 Å². The van der Waals surface area contributed by atoms with Crippen molar-refractivity contribution in [2.45, 2.75) is 24.3 Å². The fourth-order valence-corrected chi connectivity index (χ4v) is 3.30. The zero-order chi connectivity index (χ0) is 19.7. The number of benzene rings is 1. The molecule has 0 aliphatic carbocycles. The molecule has 0 bridgehead atoms. The average Bonchev–Trinajstić information content (AvgIpc) is 2.71. The molecule has 0 atom stereocenters. The van der Waals surface area contributed by atoms with Gasteiger partial charge in [0.2, 0.25) is 0 Å². The summed E-state index contributed by atoms with van der Waals surface area (Å²) < 4.78 is 10.4. The minimum atomic E-state index is -0.468. The van der Waals surface area contributed by atoms with E-state index in [1.54, 1.807) is 11.8 Å². The third kappa shape index (κ3) is 6.09. The third-order valence-electron chi connectivity index (χ3n) is 4.49. The van der Waals surface area contributed by atoms with Crippen LogP contribution in [0.3, 0.4) is 0 Å². The van der Waals surface area contributed by atoms with Crippen molar-refractivity contribution >= 4 is 23.4 Å². The van der Waals surface area contributed by atoms with Crippen LogP contribution in [0.2, 0.25) is 0 Å². The molecule has 1 saturated heterocycles. The summed E-state index contributed by atoms with van der Waals surface area (Å²) in [6.45, 7) is 11.1. The first-order chi connectivity index (χ1) is 13.0. The molecule has 27 heavy (non-hydrogen) atoms. The maximum absolute atomic E-state index is 11.1. The molecule has 1 fully saturated rings. The minimum absolute atomic E-state index is 0.130. The summed E-state index contributed by atoms with van der Waals surface area (Å²) in [6, 6.07) is 8.29. The molecule has 7 heteroatoms. The Balaban J connectivity index is 2.17. The number of nitrogens with zero attached hydrogens (tertiary/aromatic N) is 2. The lowest BCUT2D eigenvalue weighted by Gasteiger charge is -2.41. The number of thioether (sulfide) groups is 1. The van der Waals surface area contributed by atoms with E-state index in [0.29, 0.717) is 13.2 Å². The van der Waals surface area contributed by atoms with Crippen molar-refractivity contribution in [3.8, 4) is 0 Å². The molecule has 0 spiro atoms. The van der Waals surface area contributed by atoms with Gasteiger partial charge in [0.1, 0.15) is 12.3 Å². The Labute approximate surface area is 165 Å². The van der Waals surface area contributed by atoms with Crippen LogP contribution in [0, 0.1) is 0 Å². The molecule has 1 heterocycles. The van der Waals surface area contributed by atoms with Gasteiger partial charge in [-0.25, -0.2) is 4.79 Å². The Kier molecular flexibility index (Phi) is 8.34. The highest BCUT2D eigenvalue weighted by atomic mass is 32.2. The van der Waals surface area contributed by atoms with Crippen molar-refractivity contribution in [2.75, 3.05) is 45.8 Å². The van der Waals surface area contributed by atoms with Crippen LogP contribution >= 0.6 is 11.8 Å². The highest BCUT2D eigenvalue weighted by Gasteiger charge is 2.35. The van der Waals surface area contributed by atoms with E-state index in [1.165, 1.54) is 4.90 Å². The summed E-state index contributed by atoms with van der Waals surface area (Å²) in [6.07, 6.45) is 3.18. The summed E-state index contributed by atoms with van der Waals surface area (Å²) in [5.74, 6) is -0.468. The molecule has 0 amide bonds. The molecule has 0 unspecified atom stereocenters. The van der Waals surface area contributed by atoms with E-state index < -0.39 is 5.97 Å². The number of carbonyl (C=O) groups excluding carboxylic acids is 1. The van der Waals surface area contributed by atoms with Crippen LogP contribution in [0.4, 0.5) is 0 Å². The Bertz CT molecular complexity index is 652. The van der Waals surface area contributed by atoms with E-state index in [2.05, 4.69) is 61.0 Å². The van der Waals surface area contributed by atoms with E-state index >= 15 is 0 Å². The first kappa shape index (κ1) is 21.5. The molecular formula is C20H28N2O4S. The van der Waals surface area contributed by atoms with Gasteiger partial charge in [-0.15, -0.1) is 11.8 Å². The van der Waals surface area contributed by atoms with Crippen molar-refractivity contribution in [3.05, 3.63) is 42.5 Å². The van der Waals surface area contributed by atoms with Crippen LogP contribution in [0.1, 0.15) is 19.4 Å². The van der Waals surface area contributed by atoms with Gasteiger partial charge in [0, 0.05) is 29.6 Å². The molecule has 0 saturated carbocycles. The van der Waals surface area contributed by atoms with Crippen molar-refractivity contribution < 1.29 is 19.1 Å². The number of hydrogen-bond donors (Lipinski definition) is 0. The van der Waals surface area contributed by atoms with Gasteiger partial charge in [0.25, 0.3) is 0 Å². The number of morpholine rings is 1. The van der Waals surface area contributed by atoms with Crippen molar-refractivity contribution in [1.29, 1.82) is 0 Å². The molecule has 1 aliphatic rings. The highest BCUT2D eigenvalue weighted by molar-refractivity contribution is 7.98. The predicted molar refractivity (Wildman–Crippen MR) is 108 cm³/mol. The predicted octanol–water partition coefficient (Wildman–Crippen LogP) is 2.97. The van der Waals surface area contributed by atoms with E-state index in [4.69, 9.17) is 14.3 Å². The monoisotopic (exact) mass is 392 g/mol. The molecular weight excluding hydrogens is 364 g/mol. The van der Waals surface area contributed by atoms with Gasteiger partial charge < -0.3 is 14.3 Å². The lowest BCUT2D eigenvalue weighted by molar-refractivity contribution is -0.139. The fourth-order valence-electron chi connectivity index (χ4n) is 2.89. The molecule has 1 aromatic carbocycles. The Hall–Kier alpha value is -1.83. The number of ether oxygens (including phenoxy) is 2. The standard InChI is InChI=1S/C20H28N2O4S/c1-5-18(23)25-14-15-26-21-19(16-6-8-17(27-4)9-7-16)20(2,3)22-10-12-24-13-11-22/h5-9H,1,10-15H2,2-4H3. The number of esters is 1. The van der Waals surface area contributed by atoms with Crippen LogP contribution in [0.25, 0.3) is 0 Å². The normalized spacial score (nSPS) is 16.0.